The number of nitrogens with zero attached hydrogens (tertiary/aromatic N) is 4. The Morgan fingerprint density at radius 1 is 1.13 bits per heavy atom. The number of thioether (sulfide) groups is 1. The molecule has 1 aromatic heterocycles. The molecule has 0 aliphatic rings. The van der Waals surface area contributed by atoms with Crippen LogP contribution in [-0.2, 0) is 0 Å². The first kappa shape index (κ1) is 15.8. The Balaban J connectivity index is 1.91. The Labute approximate surface area is 143 Å². The summed E-state index contributed by atoms with van der Waals surface area (Å²) in [5.41, 5.74) is 1.85. The molecule has 0 spiro atoms. The molecule has 5 nitrogen and oxygen atoms in total. The van der Waals surface area contributed by atoms with E-state index in [-0.39, 0.29) is 5.25 Å². The van der Waals surface area contributed by atoms with Crippen molar-refractivity contribution in [2.75, 3.05) is 7.11 Å². The highest BCUT2D eigenvalue weighted by Crippen LogP contribution is 2.37. The van der Waals surface area contributed by atoms with Crippen molar-refractivity contribution in [1.29, 1.82) is 0 Å². The zero-order valence-electron chi connectivity index (χ0n) is 12.7. The summed E-state index contributed by atoms with van der Waals surface area (Å²) >= 11 is 7.82. The van der Waals surface area contributed by atoms with E-state index < -0.39 is 0 Å². The van der Waals surface area contributed by atoms with Gasteiger partial charge in [-0.05, 0) is 41.1 Å². The maximum Gasteiger partial charge on any atom is 0.214 e. The van der Waals surface area contributed by atoms with Gasteiger partial charge in [0.1, 0.15) is 11.4 Å². The third kappa shape index (κ3) is 3.33. The molecule has 3 rings (SSSR count). The van der Waals surface area contributed by atoms with E-state index in [9.17, 15) is 0 Å². The Morgan fingerprint density at radius 2 is 1.87 bits per heavy atom. The highest BCUT2D eigenvalue weighted by molar-refractivity contribution is 7.99. The van der Waals surface area contributed by atoms with E-state index >= 15 is 0 Å². The summed E-state index contributed by atoms with van der Waals surface area (Å²) in [7, 11) is 1.63. The largest absolute Gasteiger partial charge is 0.494 e. The average molecular weight is 347 g/mol. The number of rotatable bonds is 5. The molecule has 2 aromatic carbocycles. The maximum atomic E-state index is 6.27. The van der Waals surface area contributed by atoms with Crippen LogP contribution in [0.25, 0.3) is 5.69 Å². The predicted octanol–water partition coefficient (Wildman–Crippen LogP) is 4.18. The monoisotopic (exact) mass is 346 g/mol. The molecule has 0 fully saturated rings. The van der Waals surface area contributed by atoms with Gasteiger partial charge in [0.05, 0.1) is 7.11 Å². The highest BCUT2D eigenvalue weighted by atomic mass is 35.5. The fourth-order valence-electron chi connectivity index (χ4n) is 2.23. The fourth-order valence-corrected chi connectivity index (χ4v) is 3.57. The van der Waals surface area contributed by atoms with E-state index in [0.29, 0.717) is 10.9 Å². The number of hydrogen-bond acceptors (Lipinski definition) is 5. The minimum Gasteiger partial charge on any atom is -0.494 e. The van der Waals surface area contributed by atoms with Crippen LogP contribution in [0.1, 0.15) is 17.7 Å². The van der Waals surface area contributed by atoms with Crippen LogP contribution in [0.15, 0.2) is 53.7 Å². The van der Waals surface area contributed by atoms with Gasteiger partial charge < -0.3 is 4.74 Å². The lowest BCUT2D eigenvalue weighted by atomic mass is 10.2. The molecule has 3 aromatic rings. The van der Waals surface area contributed by atoms with Gasteiger partial charge in [-0.15, -0.1) is 5.10 Å². The number of aromatic nitrogens is 4. The molecule has 0 N–H and O–H groups in total. The summed E-state index contributed by atoms with van der Waals surface area (Å²) in [5, 5.41) is 13.5. The molecule has 23 heavy (non-hydrogen) atoms. The van der Waals surface area contributed by atoms with E-state index in [1.807, 2.05) is 48.5 Å². The first-order valence-electron chi connectivity index (χ1n) is 7.03. The lowest BCUT2D eigenvalue weighted by Crippen LogP contribution is -2.02. The number of para-hydroxylation sites is 2. The molecule has 1 atom stereocenters. The van der Waals surface area contributed by atoms with Crippen molar-refractivity contribution in [3.63, 3.8) is 0 Å². The van der Waals surface area contributed by atoms with Crippen LogP contribution in [0.2, 0.25) is 5.02 Å². The van der Waals surface area contributed by atoms with Gasteiger partial charge in [0.25, 0.3) is 0 Å². The smallest absolute Gasteiger partial charge is 0.214 e. The summed E-state index contributed by atoms with van der Waals surface area (Å²) in [6.07, 6.45) is 0. The van der Waals surface area contributed by atoms with Gasteiger partial charge in [-0.1, -0.05) is 53.7 Å². The van der Waals surface area contributed by atoms with E-state index in [0.717, 1.165) is 16.3 Å². The molecule has 0 aliphatic heterocycles. The SMILES string of the molecule is COc1ccccc1-n1nnnc1S[C@@H](C)c1ccccc1Cl. The second kappa shape index (κ2) is 7.02. The van der Waals surface area contributed by atoms with E-state index in [1.165, 1.54) is 0 Å². The van der Waals surface area contributed by atoms with Crippen LogP contribution in [0.4, 0.5) is 0 Å². The highest BCUT2D eigenvalue weighted by Gasteiger charge is 2.18. The van der Waals surface area contributed by atoms with Gasteiger partial charge in [0, 0.05) is 10.3 Å². The second-order valence-corrected chi connectivity index (χ2v) is 6.54. The molecule has 0 bridgehead atoms. The third-order valence-corrected chi connectivity index (χ3v) is 4.80. The van der Waals surface area contributed by atoms with Crippen LogP contribution < -0.4 is 4.74 Å². The Hall–Kier alpha value is -2.05. The first-order valence-corrected chi connectivity index (χ1v) is 8.29. The molecule has 0 aliphatic carbocycles. The standard InChI is InChI=1S/C16H15ClN4OS/c1-11(12-7-3-4-8-13(12)17)23-16-18-19-20-21(16)14-9-5-6-10-15(14)22-2/h3-11H,1-2H3/t11-/m0/s1. The Morgan fingerprint density at radius 3 is 2.65 bits per heavy atom. The third-order valence-electron chi connectivity index (χ3n) is 3.38. The van der Waals surface area contributed by atoms with Gasteiger partial charge >= 0.3 is 0 Å². The zero-order chi connectivity index (χ0) is 16.2. The number of ether oxygens (including phenoxy) is 1. The topological polar surface area (TPSA) is 52.8 Å². The molecular weight excluding hydrogens is 332 g/mol. The number of halogens is 1. The van der Waals surface area contributed by atoms with Crippen molar-refractivity contribution in [2.24, 2.45) is 0 Å². The first-order chi connectivity index (χ1) is 11.2. The van der Waals surface area contributed by atoms with E-state index in [2.05, 4.69) is 22.4 Å². The Bertz CT molecular complexity index is 808. The van der Waals surface area contributed by atoms with Crippen molar-refractivity contribution < 1.29 is 4.74 Å². The van der Waals surface area contributed by atoms with Crippen LogP contribution >= 0.6 is 23.4 Å². The maximum absolute atomic E-state index is 6.27. The molecule has 118 valence electrons. The van der Waals surface area contributed by atoms with Crippen LogP contribution in [0.3, 0.4) is 0 Å². The number of hydrogen-bond donors (Lipinski definition) is 0. The summed E-state index contributed by atoms with van der Waals surface area (Å²) in [6, 6.07) is 15.4. The zero-order valence-corrected chi connectivity index (χ0v) is 14.3. The molecule has 0 amide bonds. The predicted molar refractivity (Wildman–Crippen MR) is 91.4 cm³/mol. The molecule has 7 heteroatoms. The fraction of sp³-hybridized carbons (Fsp3) is 0.188. The average Bonchev–Trinajstić information content (AvgIpc) is 3.03. The summed E-state index contributed by atoms with van der Waals surface area (Å²) < 4.78 is 7.06. The molecule has 0 radical (unpaired) electrons. The van der Waals surface area contributed by atoms with Gasteiger partial charge in [-0.3, -0.25) is 0 Å². The minimum atomic E-state index is 0.114. The van der Waals surface area contributed by atoms with Crippen molar-refractivity contribution in [1.82, 2.24) is 20.2 Å². The van der Waals surface area contributed by atoms with E-state index in [4.69, 9.17) is 16.3 Å². The lowest BCUT2D eigenvalue weighted by Gasteiger charge is -2.13. The van der Waals surface area contributed by atoms with Gasteiger partial charge in [-0.25, -0.2) is 0 Å². The molecule has 0 unspecified atom stereocenters. The quantitative estimate of drug-likeness (QED) is 0.649. The van der Waals surface area contributed by atoms with Crippen molar-refractivity contribution in [2.45, 2.75) is 17.3 Å². The summed E-state index contributed by atoms with van der Waals surface area (Å²) in [6.45, 7) is 2.08. The summed E-state index contributed by atoms with van der Waals surface area (Å²) in [4.78, 5) is 0. The normalized spacial score (nSPS) is 12.1. The Kier molecular flexibility index (Phi) is 4.83. The second-order valence-electron chi connectivity index (χ2n) is 4.83. The van der Waals surface area contributed by atoms with Crippen molar-refractivity contribution in [3.8, 4) is 11.4 Å². The summed E-state index contributed by atoms with van der Waals surface area (Å²) in [5.74, 6) is 0.715. The minimum absolute atomic E-state index is 0.114. The number of methoxy groups -OCH3 is 1. The van der Waals surface area contributed by atoms with Crippen molar-refractivity contribution in [3.05, 3.63) is 59.1 Å². The lowest BCUT2D eigenvalue weighted by molar-refractivity contribution is 0.410. The number of benzene rings is 2. The van der Waals surface area contributed by atoms with Gasteiger partial charge in [-0.2, -0.15) is 4.68 Å². The van der Waals surface area contributed by atoms with Crippen LogP contribution in [0.5, 0.6) is 5.75 Å². The van der Waals surface area contributed by atoms with Gasteiger partial charge in [0.15, 0.2) is 0 Å². The number of tetrazole rings is 1. The van der Waals surface area contributed by atoms with Crippen LogP contribution in [0, 0.1) is 0 Å². The molecular formula is C16H15ClN4OS. The van der Waals surface area contributed by atoms with E-state index in [1.54, 1.807) is 23.6 Å². The van der Waals surface area contributed by atoms with Gasteiger partial charge in [0.2, 0.25) is 5.16 Å². The van der Waals surface area contributed by atoms with Crippen LogP contribution in [-0.4, -0.2) is 27.3 Å². The molecule has 0 saturated heterocycles. The molecule has 1 heterocycles. The van der Waals surface area contributed by atoms with Crippen molar-refractivity contribution >= 4 is 23.4 Å². The molecule has 0 saturated carbocycles.